The molecule has 1 aromatic heterocycles. The van der Waals surface area contributed by atoms with Crippen molar-refractivity contribution >= 4 is 5.91 Å². The summed E-state index contributed by atoms with van der Waals surface area (Å²) in [6.07, 6.45) is 7.67. The molecule has 1 saturated heterocycles. The Morgan fingerprint density at radius 1 is 1.17 bits per heavy atom. The van der Waals surface area contributed by atoms with E-state index in [0.29, 0.717) is 18.2 Å². The van der Waals surface area contributed by atoms with Crippen LogP contribution < -0.4 is 5.32 Å². The lowest BCUT2D eigenvalue weighted by Gasteiger charge is -2.09. The lowest BCUT2D eigenvalue weighted by Crippen LogP contribution is -2.24. The van der Waals surface area contributed by atoms with Crippen molar-refractivity contribution < 1.29 is 13.9 Å². The van der Waals surface area contributed by atoms with E-state index in [4.69, 9.17) is 9.15 Å². The Balaban J connectivity index is 1.39. The van der Waals surface area contributed by atoms with Crippen molar-refractivity contribution in [3.63, 3.8) is 0 Å². The molecular weight excluding hydrogens is 290 g/mol. The summed E-state index contributed by atoms with van der Waals surface area (Å²) < 4.78 is 10.9. The van der Waals surface area contributed by atoms with E-state index >= 15 is 0 Å². The molecule has 122 valence electrons. The van der Waals surface area contributed by atoms with Gasteiger partial charge in [0.1, 0.15) is 5.76 Å². The van der Waals surface area contributed by atoms with E-state index in [1.54, 1.807) is 6.26 Å². The van der Waals surface area contributed by atoms with Gasteiger partial charge < -0.3 is 14.5 Å². The second-order valence-electron chi connectivity index (χ2n) is 5.94. The molecule has 1 atom stereocenters. The van der Waals surface area contributed by atoms with Gasteiger partial charge in [-0.1, -0.05) is 12.1 Å². The number of carbonyl (C=O) groups excluding carboxylic acids is 1. The SMILES string of the molecule is O=C(NCCCC[C@@H]1CCCO1)c1ccc(-c2ccco2)cc1. The quantitative estimate of drug-likeness (QED) is 0.785. The molecule has 1 aromatic carbocycles. The van der Waals surface area contributed by atoms with Crippen molar-refractivity contribution in [2.24, 2.45) is 0 Å². The van der Waals surface area contributed by atoms with Gasteiger partial charge in [-0.15, -0.1) is 0 Å². The molecule has 4 heteroatoms. The third-order valence-electron chi connectivity index (χ3n) is 4.22. The molecule has 0 saturated carbocycles. The lowest BCUT2D eigenvalue weighted by atomic mass is 10.1. The first-order valence-electron chi connectivity index (χ1n) is 8.37. The summed E-state index contributed by atoms with van der Waals surface area (Å²) in [4.78, 5) is 12.1. The van der Waals surface area contributed by atoms with E-state index in [2.05, 4.69) is 5.32 Å². The summed E-state index contributed by atoms with van der Waals surface area (Å²) in [6.45, 7) is 1.63. The Kier molecular flexibility index (Phi) is 5.48. The molecule has 0 radical (unpaired) electrons. The van der Waals surface area contributed by atoms with Gasteiger partial charge in [-0.25, -0.2) is 0 Å². The third kappa shape index (κ3) is 4.45. The fourth-order valence-electron chi connectivity index (χ4n) is 2.90. The van der Waals surface area contributed by atoms with Crippen molar-refractivity contribution in [2.45, 2.75) is 38.2 Å². The molecule has 2 aromatic rings. The minimum absolute atomic E-state index is 0.0203. The Morgan fingerprint density at radius 2 is 2.04 bits per heavy atom. The molecule has 1 fully saturated rings. The van der Waals surface area contributed by atoms with Crippen LogP contribution in [0.25, 0.3) is 11.3 Å². The average Bonchev–Trinajstić information content (AvgIpc) is 3.28. The number of rotatable bonds is 7. The molecule has 1 amide bonds. The van der Waals surface area contributed by atoms with Gasteiger partial charge in [0.15, 0.2) is 0 Å². The molecule has 1 aliphatic rings. The number of unbranched alkanes of at least 4 members (excludes halogenated alkanes) is 1. The maximum Gasteiger partial charge on any atom is 0.251 e. The molecule has 2 heterocycles. The summed E-state index contributed by atoms with van der Waals surface area (Å²) in [5.41, 5.74) is 1.66. The number of hydrogen-bond acceptors (Lipinski definition) is 3. The van der Waals surface area contributed by atoms with Crippen molar-refractivity contribution in [3.05, 3.63) is 48.2 Å². The molecule has 4 nitrogen and oxygen atoms in total. The molecular formula is C19H23NO3. The van der Waals surface area contributed by atoms with Crippen LogP contribution in [-0.2, 0) is 4.74 Å². The Morgan fingerprint density at radius 3 is 2.74 bits per heavy atom. The largest absolute Gasteiger partial charge is 0.464 e. The summed E-state index contributed by atoms with van der Waals surface area (Å²) in [6, 6.07) is 11.2. The maximum atomic E-state index is 12.1. The first-order chi connectivity index (χ1) is 11.3. The zero-order chi connectivity index (χ0) is 15.9. The molecule has 3 rings (SSSR count). The van der Waals surface area contributed by atoms with Gasteiger partial charge in [-0.3, -0.25) is 4.79 Å². The van der Waals surface area contributed by atoms with Gasteiger partial charge in [0.2, 0.25) is 0 Å². The van der Waals surface area contributed by atoms with Gasteiger partial charge >= 0.3 is 0 Å². The fourth-order valence-corrected chi connectivity index (χ4v) is 2.90. The van der Waals surface area contributed by atoms with Crippen molar-refractivity contribution in [1.29, 1.82) is 0 Å². The highest BCUT2D eigenvalue weighted by molar-refractivity contribution is 5.94. The second kappa shape index (κ2) is 7.97. The number of amides is 1. The normalized spacial score (nSPS) is 17.3. The molecule has 0 bridgehead atoms. The second-order valence-corrected chi connectivity index (χ2v) is 5.94. The highest BCUT2D eigenvalue weighted by Gasteiger charge is 2.14. The maximum absolute atomic E-state index is 12.1. The van der Waals surface area contributed by atoms with E-state index < -0.39 is 0 Å². The van der Waals surface area contributed by atoms with Crippen LogP contribution in [0.1, 0.15) is 42.5 Å². The van der Waals surface area contributed by atoms with Crippen LogP contribution in [0.4, 0.5) is 0 Å². The van der Waals surface area contributed by atoms with Crippen LogP contribution >= 0.6 is 0 Å². The number of nitrogens with one attached hydrogen (secondary N) is 1. The van der Waals surface area contributed by atoms with Crippen LogP contribution in [0.3, 0.4) is 0 Å². The smallest absolute Gasteiger partial charge is 0.251 e. The van der Waals surface area contributed by atoms with Crippen molar-refractivity contribution in [2.75, 3.05) is 13.2 Å². The van der Waals surface area contributed by atoms with E-state index in [1.807, 2.05) is 36.4 Å². The first kappa shape index (κ1) is 15.8. The highest BCUT2D eigenvalue weighted by Crippen LogP contribution is 2.20. The number of hydrogen-bond donors (Lipinski definition) is 1. The average molecular weight is 313 g/mol. The fraction of sp³-hybridized carbons (Fsp3) is 0.421. The molecule has 1 aliphatic heterocycles. The summed E-state index contributed by atoms with van der Waals surface area (Å²) >= 11 is 0. The van der Waals surface area contributed by atoms with E-state index in [0.717, 1.165) is 37.2 Å². The Bertz CT molecular complexity index is 598. The lowest BCUT2D eigenvalue weighted by molar-refractivity contribution is 0.0947. The minimum Gasteiger partial charge on any atom is -0.464 e. The minimum atomic E-state index is -0.0203. The monoisotopic (exact) mass is 313 g/mol. The van der Waals surface area contributed by atoms with E-state index in [-0.39, 0.29) is 5.91 Å². The summed E-state index contributed by atoms with van der Waals surface area (Å²) in [5.74, 6) is 0.791. The third-order valence-corrected chi connectivity index (χ3v) is 4.22. The zero-order valence-corrected chi connectivity index (χ0v) is 13.3. The van der Waals surface area contributed by atoms with E-state index in [9.17, 15) is 4.79 Å². The highest BCUT2D eigenvalue weighted by atomic mass is 16.5. The molecule has 23 heavy (non-hydrogen) atoms. The number of furan rings is 1. The van der Waals surface area contributed by atoms with Crippen LogP contribution in [0.2, 0.25) is 0 Å². The van der Waals surface area contributed by atoms with Gasteiger partial charge in [0.25, 0.3) is 5.91 Å². The van der Waals surface area contributed by atoms with Crippen LogP contribution in [0.15, 0.2) is 47.1 Å². The predicted octanol–water partition coefficient (Wildman–Crippen LogP) is 4.03. The zero-order valence-electron chi connectivity index (χ0n) is 13.3. The topological polar surface area (TPSA) is 51.5 Å². The summed E-state index contributed by atoms with van der Waals surface area (Å²) in [5, 5.41) is 2.98. The molecule has 0 spiro atoms. The number of benzene rings is 1. The van der Waals surface area contributed by atoms with Gasteiger partial charge in [-0.2, -0.15) is 0 Å². The standard InChI is InChI=1S/C19H23NO3/c21-19(20-12-2-1-5-17-6-3-13-22-17)16-10-8-15(9-11-16)18-7-4-14-23-18/h4,7-11,14,17H,1-3,5-6,12-13H2,(H,20,21)/t17-/m1/s1. The van der Waals surface area contributed by atoms with Crippen molar-refractivity contribution in [1.82, 2.24) is 5.32 Å². The van der Waals surface area contributed by atoms with Gasteiger partial charge in [0.05, 0.1) is 12.4 Å². The van der Waals surface area contributed by atoms with Crippen molar-refractivity contribution in [3.8, 4) is 11.3 Å². The molecule has 1 N–H and O–H groups in total. The van der Waals surface area contributed by atoms with Gasteiger partial charge in [0, 0.05) is 24.3 Å². The van der Waals surface area contributed by atoms with E-state index in [1.165, 1.54) is 12.8 Å². The molecule has 0 aliphatic carbocycles. The van der Waals surface area contributed by atoms with Crippen LogP contribution in [0, 0.1) is 0 Å². The predicted molar refractivity (Wildman–Crippen MR) is 89.3 cm³/mol. The van der Waals surface area contributed by atoms with Crippen LogP contribution in [-0.4, -0.2) is 25.2 Å². The van der Waals surface area contributed by atoms with Crippen LogP contribution in [0.5, 0.6) is 0 Å². The summed E-state index contributed by atoms with van der Waals surface area (Å²) in [7, 11) is 0. The first-order valence-corrected chi connectivity index (χ1v) is 8.37. The number of ether oxygens (including phenoxy) is 1. The Labute approximate surface area is 136 Å². The Hall–Kier alpha value is -2.07. The number of carbonyl (C=O) groups is 1. The molecule has 0 unspecified atom stereocenters. The van der Waals surface area contributed by atoms with Gasteiger partial charge in [-0.05, 0) is 56.4 Å².